The van der Waals surface area contributed by atoms with E-state index < -0.39 is 11.7 Å². The van der Waals surface area contributed by atoms with Gasteiger partial charge in [0.25, 0.3) is 5.91 Å². The Morgan fingerprint density at radius 3 is 2.41 bits per heavy atom. The first kappa shape index (κ1) is 24.7. The van der Waals surface area contributed by atoms with Crippen molar-refractivity contribution >= 4 is 61.4 Å². The molecule has 1 amide bonds. The standard InChI is InChI=1S/C19H17Br2ClF3N5O2/c20-13-5-11(6-14(21)17(13)32)8-27-28-16(31)10-29-1-3-30(4-2-29)18-15(22)7-12(9-26-18)19(23,24)25/h5-9,32H,1-4,10H2,(H,28,31). The monoisotopic (exact) mass is 597 g/mol. The number of phenols is 1. The van der Waals surface area contributed by atoms with E-state index >= 15 is 0 Å². The Hall–Kier alpha value is -1.89. The predicted octanol–water partition coefficient (Wildman–Crippen LogP) is 4.26. The number of nitrogens with zero attached hydrogens (tertiary/aromatic N) is 4. The molecule has 2 aromatic rings. The summed E-state index contributed by atoms with van der Waals surface area (Å²) < 4.78 is 39.3. The zero-order valence-corrected chi connectivity index (χ0v) is 20.3. The molecule has 0 atom stereocenters. The largest absolute Gasteiger partial charge is 0.506 e. The van der Waals surface area contributed by atoms with Crippen LogP contribution in [0.5, 0.6) is 5.75 Å². The number of halogens is 6. The lowest BCUT2D eigenvalue weighted by Gasteiger charge is -2.35. The minimum Gasteiger partial charge on any atom is -0.506 e. The summed E-state index contributed by atoms with van der Waals surface area (Å²) in [5.74, 6) is 0.0509. The molecule has 0 bridgehead atoms. The van der Waals surface area contributed by atoms with E-state index in [1.807, 2.05) is 4.90 Å². The molecule has 1 aromatic carbocycles. The van der Waals surface area contributed by atoms with Gasteiger partial charge in [0.1, 0.15) is 11.6 Å². The summed E-state index contributed by atoms with van der Waals surface area (Å²) in [6, 6.07) is 4.16. The average Bonchev–Trinajstić information content (AvgIpc) is 2.72. The zero-order chi connectivity index (χ0) is 23.5. The lowest BCUT2D eigenvalue weighted by molar-refractivity contribution is -0.137. The Morgan fingerprint density at radius 1 is 1.22 bits per heavy atom. The van der Waals surface area contributed by atoms with Gasteiger partial charge in [0.15, 0.2) is 0 Å². The number of aromatic nitrogens is 1. The van der Waals surface area contributed by atoms with E-state index in [1.165, 1.54) is 6.21 Å². The van der Waals surface area contributed by atoms with Gasteiger partial charge in [0.2, 0.25) is 0 Å². The summed E-state index contributed by atoms with van der Waals surface area (Å²) in [4.78, 5) is 19.7. The zero-order valence-electron chi connectivity index (χ0n) is 16.3. The molecule has 0 unspecified atom stereocenters. The molecule has 0 spiro atoms. The molecule has 13 heteroatoms. The van der Waals surface area contributed by atoms with Crippen molar-refractivity contribution < 1.29 is 23.1 Å². The molecule has 172 valence electrons. The van der Waals surface area contributed by atoms with Crippen LogP contribution in [0.4, 0.5) is 19.0 Å². The fraction of sp³-hybridized carbons (Fsp3) is 0.316. The summed E-state index contributed by atoms with van der Waals surface area (Å²) in [6.07, 6.45) is -2.29. The van der Waals surface area contributed by atoms with Crippen molar-refractivity contribution in [2.45, 2.75) is 6.18 Å². The number of hydrogen-bond acceptors (Lipinski definition) is 6. The fourth-order valence-corrected chi connectivity index (χ4v) is 4.52. The average molecular weight is 600 g/mol. The highest BCUT2D eigenvalue weighted by atomic mass is 79.9. The van der Waals surface area contributed by atoms with E-state index in [-0.39, 0.29) is 23.2 Å². The second-order valence-electron chi connectivity index (χ2n) is 6.92. The van der Waals surface area contributed by atoms with Gasteiger partial charge in [-0.2, -0.15) is 18.3 Å². The second kappa shape index (κ2) is 10.4. The van der Waals surface area contributed by atoms with Crippen LogP contribution in [0.25, 0.3) is 0 Å². The third-order valence-electron chi connectivity index (χ3n) is 4.63. The Balaban J connectivity index is 1.49. The number of benzene rings is 1. The smallest absolute Gasteiger partial charge is 0.417 e. The van der Waals surface area contributed by atoms with Crippen molar-refractivity contribution in [1.29, 1.82) is 0 Å². The molecule has 0 radical (unpaired) electrons. The molecular weight excluding hydrogens is 582 g/mol. The van der Waals surface area contributed by atoms with Gasteiger partial charge in [-0.05, 0) is 55.6 Å². The quantitative estimate of drug-likeness (QED) is 0.397. The molecule has 1 saturated heterocycles. The van der Waals surface area contributed by atoms with Gasteiger partial charge >= 0.3 is 6.18 Å². The molecular formula is C19H17Br2ClF3N5O2. The Labute approximate surface area is 203 Å². The number of alkyl halides is 3. The van der Waals surface area contributed by atoms with Crippen LogP contribution in [0.15, 0.2) is 38.4 Å². The highest BCUT2D eigenvalue weighted by Gasteiger charge is 2.32. The third-order valence-corrected chi connectivity index (χ3v) is 6.12. The second-order valence-corrected chi connectivity index (χ2v) is 9.03. The third kappa shape index (κ3) is 6.33. The summed E-state index contributed by atoms with van der Waals surface area (Å²) in [6.45, 7) is 2.05. The number of rotatable bonds is 5. The number of hydrazone groups is 1. The molecule has 1 aliphatic heterocycles. The molecule has 2 heterocycles. The normalized spacial score (nSPS) is 15.4. The van der Waals surface area contributed by atoms with Gasteiger partial charge in [-0.15, -0.1) is 0 Å². The maximum Gasteiger partial charge on any atom is 0.417 e. The number of aromatic hydroxyl groups is 1. The number of nitrogens with one attached hydrogen (secondary N) is 1. The van der Waals surface area contributed by atoms with Crippen molar-refractivity contribution in [2.24, 2.45) is 5.10 Å². The topological polar surface area (TPSA) is 81.1 Å². The van der Waals surface area contributed by atoms with Gasteiger partial charge in [-0.25, -0.2) is 10.4 Å². The van der Waals surface area contributed by atoms with Crippen molar-refractivity contribution in [3.05, 3.63) is 49.5 Å². The number of carbonyl (C=O) groups is 1. The number of pyridine rings is 1. The van der Waals surface area contributed by atoms with Gasteiger partial charge < -0.3 is 10.0 Å². The van der Waals surface area contributed by atoms with E-state index in [4.69, 9.17) is 11.6 Å². The molecule has 1 aromatic heterocycles. The summed E-state index contributed by atoms with van der Waals surface area (Å²) >= 11 is 12.4. The van der Waals surface area contributed by atoms with Gasteiger partial charge in [-0.1, -0.05) is 11.6 Å². The number of piperazine rings is 1. The first-order chi connectivity index (χ1) is 15.0. The lowest BCUT2D eigenvalue weighted by atomic mass is 10.2. The number of hydrogen-bond donors (Lipinski definition) is 2. The SMILES string of the molecule is O=C(CN1CCN(c2ncc(C(F)(F)F)cc2Cl)CC1)NN=Cc1cc(Br)c(O)c(Br)c1. The molecule has 2 N–H and O–H groups in total. The first-order valence-corrected chi connectivity index (χ1v) is 11.2. The number of carbonyl (C=O) groups excluding carboxylic acids is 1. The maximum absolute atomic E-state index is 12.8. The highest BCUT2D eigenvalue weighted by Crippen LogP contribution is 2.34. The van der Waals surface area contributed by atoms with Crippen LogP contribution in [-0.4, -0.2) is 59.8 Å². The van der Waals surface area contributed by atoms with E-state index in [0.29, 0.717) is 46.5 Å². The lowest BCUT2D eigenvalue weighted by Crippen LogP contribution is -2.49. The molecule has 32 heavy (non-hydrogen) atoms. The Morgan fingerprint density at radius 2 is 1.84 bits per heavy atom. The summed E-state index contributed by atoms with van der Waals surface area (Å²) in [7, 11) is 0. The van der Waals surface area contributed by atoms with Crippen molar-refractivity contribution in [3.8, 4) is 5.75 Å². The van der Waals surface area contributed by atoms with Crippen LogP contribution >= 0.6 is 43.5 Å². The molecule has 7 nitrogen and oxygen atoms in total. The molecule has 0 aliphatic carbocycles. The van der Waals surface area contributed by atoms with E-state index in [1.54, 1.807) is 17.0 Å². The minimum absolute atomic E-state index is 0.0622. The number of amides is 1. The predicted molar refractivity (Wildman–Crippen MR) is 122 cm³/mol. The van der Waals surface area contributed by atoms with Crippen molar-refractivity contribution in [3.63, 3.8) is 0 Å². The Bertz CT molecular complexity index is 1010. The van der Waals surface area contributed by atoms with Crippen LogP contribution in [-0.2, 0) is 11.0 Å². The minimum atomic E-state index is -4.50. The first-order valence-electron chi connectivity index (χ1n) is 9.24. The molecule has 1 aliphatic rings. The Kier molecular flexibility index (Phi) is 8.01. The number of anilines is 1. The van der Waals surface area contributed by atoms with E-state index in [0.717, 1.165) is 12.3 Å². The maximum atomic E-state index is 12.8. The van der Waals surface area contributed by atoms with E-state index in [9.17, 15) is 23.1 Å². The van der Waals surface area contributed by atoms with Gasteiger partial charge in [-0.3, -0.25) is 9.69 Å². The van der Waals surface area contributed by atoms with Gasteiger partial charge in [0.05, 0.1) is 32.3 Å². The summed E-state index contributed by atoms with van der Waals surface area (Å²) in [5, 5.41) is 13.6. The summed E-state index contributed by atoms with van der Waals surface area (Å²) in [5.41, 5.74) is 2.22. The number of phenolic OH excluding ortho intramolecular Hbond substituents is 1. The van der Waals surface area contributed by atoms with Crippen LogP contribution < -0.4 is 10.3 Å². The van der Waals surface area contributed by atoms with Crippen molar-refractivity contribution in [1.82, 2.24) is 15.3 Å². The molecule has 3 rings (SSSR count). The van der Waals surface area contributed by atoms with Crippen LogP contribution in [0.3, 0.4) is 0 Å². The van der Waals surface area contributed by atoms with Crippen LogP contribution in [0.1, 0.15) is 11.1 Å². The van der Waals surface area contributed by atoms with Gasteiger partial charge in [0, 0.05) is 32.4 Å². The highest BCUT2D eigenvalue weighted by molar-refractivity contribution is 9.11. The van der Waals surface area contributed by atoms with Crippen molar-refractivity contribution in [2.75, 3.05) is 37.6 Å². The fourth-order valence-electron chi connectivity index (χ4n) is 3.01. The molecule has 0 saturated carbocycles. The molecule has 1 fully saturated rings. The van der Waals surface area contributed by atoms with Crippen LogP contribution in [0.2, 0.25) is 5.02 Å². The van der Waals surface area contributed by atoms with E-state index in [2.05, 4.69) is 47.4 Å². The van der Waals surface area contributed by atoms with Crippen LogP contribution in [0, 0.1) is 0 Å².